The molecule has 1 fully saturated rings. The van der Waals surface area contributed by atoms with E-state index in [2.05, 4.69) is 0 Å². The zero-order chi connectivity index (χ0) is 13.4. The lowest BCUT2D eigenvalue weighted by atomic mass is 9.88. The Hall–Kier alpha value is -1.84. The SMILES string of the molecule is NC1C(=O)N(c2ccccc2)C1c1ccccc1Cl. The molecule has 1 aliphatic rings. The molecule has 1 saturated heterocycles. The maximum atomic E-state index is 12.0. The summed E-state index contributed by atoms with van der Waals surface area (Å²) in [6.07, 6.45) is 0. The average molecular weight is 273 g/mol. The van der Waals surface area contributed by atoms with Crippen LogP contribution in [0.3, 0.4) is 0 Å². The molecule has 2 aromatic carbocycles. The Balaban J connectivity index is 2.01. The van der Waals surface area contributed by atoms with E-state index in [0.29, 0.717) is 5.02 Å². The third kappa shape index (κ3) is 1.91. The molecule has 2 aromatic rings. The number of hydrogen-bond donors (Lipinski definition) is 1. The highest BCUT2D eigenvalue weighted by atomic mass is 35.5. The van der Waals surface area contributed by atoms with Crippen LogP contribution in [-0.2, 0) is 4.79 Å². The van der Waals surface area contributed by atoms with E-state index in [1.165, 1.54) is 0 Å². The van der Waals surface area contributed by atoms with Gasteiger partial charge in [-0.2, -0.15) is 0 Å². The quantitative estimate of drug-likeness (QED) is 0.855. The lowest BCUT2D eigenvalue weighted by molar-refractivity contribution is -0.126. The number of nitrogens with two attached hydrogens (primary N) is 1. The summed E-state index contributed by atoms with van der Waals surface area (Å²) in [7, 11) is 0. The van der Waals surface area contributed by atoms with E-state index in [1.807, 2.05) is 54.6 Å². The molecule has 1 aliphatic heterocycles. The molecule has 0 aromatic heterocycles. The van der Waals surface area contributed by atoms with Crippen LogP contribution < -0.4 is 10.6 Å². The number of para-hydroxylation sites is 1. The summed E-state index contributed by atoms with van der Waals surface area (Å²) in [6, 6.07) is 16.3. The number of rotatable bonds is 2. The highest BCUT2D eigenvalue weighted by Crippen LogP contribution is 2.40. The number of hydrogen-bond acceptors (Lipinski definition) is 2. The summed E-state index contributed by atoms with van der Waals surface area (Å²) < 4.78 is 0. The fourth-order valence-corrected chi connectivity index (χ4v) is 2.68. The standard InChI is InChI=1S/C15H13ClN2O/c16-12-9-5-4-8-11(12)14-13(17)15(19)18(14)10-6-2-1-3-7-10/h1-9,13-14H,17H2. The fraction of sp³-hybridized carbons (Fsp3) is 0.133. The van der Waals surface area contributed by atoms with Crippen LogP contribution in [0.15, 0.2) is 54.6 Å². The third-order valence-electron chi connectivity index (χ3n) is 3.40. The van der Waals surface area contributed by atoms with Crippen molar-refractivity contribution in [1.29, 1.82) is 0 Å². The predicted octanol–water partition coefficient (Wildman–Crippen LogP) is 2.76. The monoisotopic (exact) mass is 272 g/mol. The zero-order valence-electron chi connectivity index (χ0n) is 10.2. The van der Waals surface area contributed by atoms with Gasteiger partial charge < -0.3 is 10.6 Å². The summed E-state index contributed by atoms with van der Waals surface area (Å²) in [5.74, 6) is -0.0730. The van der Waals surface area contributed by atoms with Gasteiger partial charge in [0.05, 0.1) is 6.04 Å². The van der Waals surface area contributed by atoms with Crippen molar-refractivity contribution in [2.75, 3.05) is 4.90 Å². The van der Waals surface area contributed by atoms with Crippen LogP contribution in [0, 0.1) is 0 Å². The number of halogens is 1. The van der Waals surface area contributed by atoms with Crippen LogP contribution in [-0.4, -0.2) is 11.9 Å². The number of carbonyl (C=O) groups excluding carboxylic acids is 1. The summed E-state index contributed by atoms with van der Waals surface area (Å²) in [5, 5.41) is 0.636. The first-order valence-corrected chi connectivity index (χ1v) is 6.46. The minimum atomic E-state index is -0.528. The van der Waals surface area contributed by atoms with E-state index >= 15 is 0 Å². The van der Waals surface area contributed by atoms with Gasteiger partial charge in [-0.15, -0.1) is 0 Å². The molecule has 0 saturated carbocycles. The highest BCUT2D eigenvalue weighted by Gasteiger charge is 2.47. The Bertz CT molecular complexity index is 615. The van der Waals surface area contributed by atoms with E-state index in [9.17, 15) is 4.79 Å². The molecule has 2 unspecified atom stereocenters. The Morgan fingerprint density at radius 2 is 1.63 bits per heavy atom. The van der Waals surface area contributed by atoms with Crippen LogP contribution in [0.2, 0.25) is 5.02 Å². The summed E-state index contributed by atoms with van der Waals surface area (Å²) in [5.41, 5.74) is 7.68. The van der Waals surface area contributed by atoms with Crippen LogP contribution in [0.5, 0.6) is 0 Å². The topological polar surface area (TPSA) is 46.3 Å². The predicted molar refractivity (Wildman–Crippen MR) is 76.1 cm³/mol. The minimum absolute atomic E-state index is 0.0730. The maximum absolute atomic E-state index is 12.0. The first-order chi connectivity index (χ1) is 9.20. The largest absolute Gasteiger partial charge is 0.318 e. The molecule has 96 valence electrons. The molecule has 2 atom stereocenters. The molecule has 2 N–H and O–H groups in total. The maximum Gasteiger partial charge on any atom is 0.247 e. The average Bonchev–Trinajstić information content (AvgIpc) is 2.46. The van der Waals surface area contributed by atoms with E-state index in [-0.39, 0.29) is 11.9 Å². The van der Waals surface area contributed by atoms with Gasteiger partial charge in [0, 0.05) is 10.7 Å². The number of carbonyl (C=O) groups is 1. The van der Waals surface area contributed by atoms with Crippen molar-refractivity contribution in [3.8, 4) is 0 Å². The third-order valence-corrected chi connectivity index (χ3v) is 3.74. The normalized spacial score (nSPS) is 22.2. The van der Waals surface area contributed by atoms with Crippen molar-refractivity contribution >= 4 is 23.2 Å². The van der Waals surface area contributed by atoms with E-state index < -0.39 is 6.04 Å². The van der Waals surface area contributed by atoms with Crippen LogP contribution in [0.1, 0.15) is 11.6 Å². The van der Waals surface area contributed by atoms with Crippen molar-refractivity contribution in [2.24, 2.45) is 5.73 Å². The Morgan fingerprint density at radius 1 is 1.00 bits per heavy atom. The van der Waals surface area contributed by atoms with E-state index in [0.717, 1.165) is 11.3 Å². The molecular weight excluding hydrogens is 260 g/mol. The second kappa shape index (κ2) is 4.68. The van der Waals surface area contributed by atoms with Gasteiger partial charge in [0.25, 0.3) is 0 Å². The zero-order valence-corrected chi connectivity index (χ0v) is 10.9. The van der Waals surface area contributed by atoms with Crippen molar-refractivity contribution < 1.29 is 4.79 Å². The smallest absolute Gasteiger partial charge is 0.247 e. The van der Waals surface area contributed by atoms with Crippen molar-refractivity contribution in [1.82, 2.24) is 0 Å². The molecule has 4 heteroatoms. The van der Waals surface area contributed by atoms with E-state index in [4.69, 9.17) is 17.3 Å². The molecule has 1 heterocycles. The number of amides is 1. The Kier molecular flexibility index (Phi) is 3.01. The van der Waals surface area contributed by atoms with Crippen LogP contribution in [0.25, 0.3) is 0 Å². The van der Waals surface area contributed by atoms with Gasteiger partial charge in [-0.3, -0.25) is 4.79 Å². The first kappa shape index (κ1) is 12.2. The molecule has 0 spiro atoms. The van der Waals surface area contributed by atoms with Crippen LogP contribution in [0.4, 0.5) is 5.69 Å². The van der Waals surface area contributed by atoms with Gasteiger partial charge in [-0.05, 0) is 23.8 Å². The highest BCUT2D eigenvalue weighted by molar-refractivity contribution is 6.31. The summed E-state index contributed by atoms with van der Waals surface area (Å²) in [4.78, 5) is 13.7. The number of β-lactam (4-membered cyclic amide) rings is 1. The van der Waals surface area contributed by atoms with Gasteiger partial charge in [0.1, 0.15) is 6.04 Å². The van der Waals surface area contributed by atoms with Crippen molar-refractivity contribution in [3.05, 3.63) is 65.2 Å². The lowest BCUT2D eigenvalue weighted by Crippen LogP contribution is -2.63. The molecule has 3 rings (SSSR count). The summed E-state index contributed by atoms with van der Waals surface area (Å²) in [6.45, 7) is 0. The fourth-order valence-electron chi connectivity index (χ4n) is 2.44. The van der Waals surface area contributed by atoms with Crippen LogP contribution >= 0.6 is 11.6 Å². The van der Waals surface area contributed by atoms with Crippen molar-refractivity contribution in [2.45, 2.75) is 12.1 Å². The minimum Gasteiger partial charge on any atom is -0.318 e. The molecule has 0 radical (unpaired) electrons. The second-order valence-corrected chi connectivity index (χ2v) is 4.94. The van der Waals surface area contributed by atoms with Crippen molar-refractivity contribution in [3.63, 3.8) is 0 Å². The number of benzene rings is 2. The van der Waals surface area contributed by atoms with Gasteiger partial charge in [-0.1, -0.05) is 48.0 Å². The molecule has 3 nitrogen and oxygen atoms in total. The Labute approximate surface area is 116 Å². The summed E-state index contributed by atoms with van der Waals surface area (Å²) >= 11 is 6.20. The number of anilines is 1. The van der Waals surface area contributed by atoms with Gasteiger partial charge in [0.2, 0.25) is 5.91 Å². The second-order valence-electron chi connectivity index (χ2n) is 4.54. The number of nitrogens with zero attached hydrogens (tertiary/aromatic N) is 1. The van der Waals surface area contributed by atoms with E-state index in [1.54, 1.807) is 4.90 Å². The lowest BCUT2D eigenvalue weighted by Gasteiger charge is -2.45. The van der Waals surface area contributed by atoms with Gasteiger partial charge in [0.15, 0.2) is 0 Å². The first-order valence-electron chi connectivity index (χ1n) is 6.08. The molecular formula is C15H13ClN2O. The molecule has 0 aliphatic carbocycles. The van der Waals surface area contributed by atoms with Gasteiger partial charge >= 0.3 is 0 Å². The molecule has 0 bridgehead atoms. The molecule has 19 heavy (non-hydrogen) atoms. The Morgan fingerprint density at radius 3 is 2.32 bits per heavy atom. The molecule has 1 amide bonds. The van der Waals surface area contributed by atoms with Gasteiger partial charge in [-0.25, -0.2) is 0 Å².